The Kier molecular flexibility index (Phi) is 4.93. The van der Waals surface area contributed by atoms with Gasteiger partial charge in [0.05, 0.1) is 9.95 Å². The van der Waals surface area contributed by atoms with Gasteiger partial charge in [-0.15, -0.1) is 0 Å². The lowest BCUT2D eigenvalue weighted by molar-refractivity contribution is -0.385. The third-order valence-electron chi connectivity index (χ3n) is 2.64. The quantitative estimate of drug-likeness (QED) is 0.448. The number of para-hydroxylation sites is 1. The van der Waals surface area contributed by atoms with Crippen LogP contribution in [0.1, 0.15) is 10.4 Å². The number of benzene rings is 2. The van der Waals surface area contributed by atoms with Crippen LogP contribution in [0.2, 0.25) is 5.02 Å². The zero-order valence-corrected chi connectivity index (χ0v) is 12.9. The molecule has 0 unspecified atom stereocenters. The van der Waals surface area contributed by atoms with E-state index in [0.29, 0.717) is 5.56 Å². The van der Waals surface area contributed by atoms with Crippen molar-refractivity contribution in [2.24, 2.45) is 0 Å². The van der Waals surface area contributed by atoms with Crippen molar-refractivity contribution in [2.45, 2.75) is 0 Å². The molecule has 0 heterocycles. The molecule has 108 valence electrons. The summed E-state index contributed by atoms with van der Waals surface area (Å²) < 4.78 is 6.01. The van der Waals surface area contributed by atoms with E-state index in [0.717, 1.165) is 4.47 Å². The summed E-state index contributed by atoms with van der Waals surface area (Å²) in [5.74, 6) is -0.405. The van der Waals surface area contributed by atoms with Crippen molar-refractivity contribution >= 4 is 39.0 Å². The van der Waals surface area contributed by atoms with E-state index < -0.39 is 4.92 Å². The van der Waals surface area contributed by atoms with Crippen LogP contribution in [0.3, 0.4) is 0 Å². The van der Waals surface area contributed by atoms with Crippen molar-refractivity contribution in [3.05, 3.63) is 67.6 Å². The first kappa shape index (κ1) is 15.5. The lowest BCUT2D eigenvalue weighted by Crippen LogP contribution is -2.12. The molecule has 0 fully saturated rings. The number of hydrogen-bond acceptors (Lipinski definition) is 4. The fraction of sp³-hybridized carbons (Fsp3) is 0.0714. The van der Waals surface area contributed by atoms with Gasteiger partial charge < -0.3 is 4.74 Å². The minimum Gasteiger partial charge on any atom is -0.477 e. The van der Waals surface area contributed by atoms with Crippen molar-refractivity contribution < 1.29 is 14.5 Å². The summed E-state index contributed by atoms with van der Waals surface area (Å²) in [6.07, 6.45) is 0. The summed E-state index contributed by atoms with van der Waals surface area (Å²) in [6, 6.07) is 11.0. The summed E-state index contributed by atoms with van der Waals surface area (Å²) in [6.45, 7) is -0.332. The Labute approximate surface area is 133 Å². The molecule has 0 saturated heterocycles. The molecule has 7 heteroatoms. The van der Waals surface area contributed by atoms with Gasteiger partial charge in [0.2, 0.25) is 5.75 Å². The molecule has 0 atom stereocenters. The van der Waals surface area contributed by atoms with Crippen LogP contribution >= 0.6 is 27.5 Å². The first-order chi connectivity index (χ1) is 9.99. The molecule has 0 amide bonds. The lowest BCUT2D eigenvalue weighted by Gasteiger charge is -2.08. The predicted octanol–water partition coefficient (Wildman–Crippen LogP) is 4.27. The van der Waals surface area contributed by atoms with Crippen molar-refractivity contribution in [1.82, 2.24) is 0 Å². The van der Waals surface area contributed by atoms with Crippen molar-refractivity contribution in [3.63, 3.8) is 0 Å². The first-order valence-electron chi connectivity index (χ1n) is 5.83. The van der Waals surface area contributed by atoms with E-state index in [9.17, 15) is 14.9 Å². The highest BCUT2D eigenvalue weighted by Crippen LogP contribution is 2.34. The number of rotatable bonds is 5. The average Bonchev–Trinajstić information content (AvgIpc) is 2.45. The van der Waals surface area contributed by atoms with Crippen LogP contribution in [0, 0.1) is 10.1 Å². The van der Waals surface area contributed by atoms with E-state index >= 15 is 0 Å². The number of carbonyl (C=O) groups excluding carboxylic acids is 1. The Hall–Kier alpha value is -1.92. The Balaban J connectivity index is 2.17. The van der Waals surface area contributed by atoms with Crippen LogP contribution < -0.4 is 4.74 Å². The molecule has 0 aliphatic carbocycles. The molecular weight excluding hydrogens is 362 g/mol. The SMILES string of the molecule is O=C(COc1c(Cl)cccc1[N+](=O)[O-])c1cccc(Br)c1. The summed E-state index contributed by atoms with van der Waals surface area (Å²) in [5.41, 5.74) is 0.170. The Morgan fingerprint density at radius 1 is 1.29 bits per heavy atom. The van der Waals surface area contributed by atoms with Crippen LogP contribution in [0.25, 0.3) is 0 Å². The predicted molar refractivity (Wildman–Crippen MR) is 82.1 cm³/mol. The number of halogens is 2. The van der Waals surface area contributed by atoms with Crippen molar-refractivity contribution in [3.8, 4) is 5.75 Å². The molecule has 2 aromatic rings. The molecule has 0 aliphatic rings. The average molecular weight is 371 g/mol. The third kappa shape index (κ3) is 3.80. The fourth-order valence-electron chi connectivity index (χ4n) is 1.67. The van der Waals surface area contributed by atoms with Gasteiger partial charge >= 0.3 is 5.69 Å². The molecule has 0 N–H and O–H groups in total. The maximum absolute atomic E-state index is 12.0. The highest BCUT2D eigenvalue weighted by Gasteiger charge is 2.19. The summed E-state index contributed by atoms with van der Waals surface area (Å²) in [4.78, 5) is 22.3. The fourth-order valence-corrected chi connectivity index (χ4v) is 2.29. The van der Waals surface area contributed by atoms with E-state index in [2.05, 4.69) is 15.9 Å². The van der Waals surface area contributed by atoms with Gasteiger partial charge in [0.1, 0.15) is 0 Å². The minimum atomic E-state index is -0.606. The second kappa shape index (κ2) is 6.69. The highest BCUT2D eigenvalue weighted by molar-refractivity contribution is 9.10. The Bertz CT molecular complexity index is 705. The molecular formula is C14H9BrClNO4. The number of nitrogens with zero attached hydrogens (tertiary/aromatic N) is 1. The molecule has 0 bridgehead atoms. The Morgan fingerprint density at radius 3 is 2.67 bits per heavy atom. The normalized spacial score (nSPS) is 10.2. The molecule has 2 aromatic carbocycles. The van der Waals surface area contributed by atoms with Crippen LogP contribution in [-0.2, 0) is 0 Å². The van der Waals surface area contributed by atoms with Crippen molar-refractivity contribution in [1.29, 1.82) is 0 Å². The van der Waals surface area contributed by atoms with Gasteiger partial charge in [-0.25, -0.2) is 0 Å². The van der Waals surface area contributed by atoms with E-state index in [4.69, 9.17) is 16.3 Å². The number of hydrogen-bond donors (Lipinski definition) is 0. The van der Waals surface area contributed by atoms with E-state index in [1.807, 2.05) is 0 Å². The van der Waals surface area contributed by atoms with E-state index in [1.54, 1.807) is 24.3 Å². The first-order valence-corrected chi connectivity index (χ1v) is 7.00. The van der Waals surface area contributed by atoms with Gasteiger partial charge in [0.25, 0.3) is 0 Å². The smallest absolute Gasteiger partial charge is 0.312 e. The molecule has 0 saturated carbocycles. The molecule has 2 rings (SSSR count). The molecule has 0 radical (unpaired) electrons. The second-order valence-corrected chi connectivity index (χ2v) is 5.39. The van der Waals surface area contributed by atoms with Crippen LogP contribution in [0.4, 0.5) is 5.69 Å². The maximum atomic E-state index is 12.0. The standard InChI is InChI=1S/C14H9BrClNO4/c15-10-4-1-3-9(7-10)13(18)8-21-14-11(16)5-2-6-12(14)17(19)20/h1-7H,8H2. The number of nitro benzene ring substituents is 1. The summed E-state index contributed by atoms with van der Waals surface area (Å²) in [7, 11) is 0. The molecule has 0 aromatic heterocycles. The van der Waals surface area contributed by atoms with Crippen LogP contribution in [0.5, 0.6) is 5.75 Å². The van der Waals surface area contributed by atoms with Gasteiger partial charge in [-0.2, -0.15) is 0 Å². The van der Waals surface area contributed by atoms with Gasteiger partial charge in [0.15, 0.2) is 12.4 Å². The van der Waals surface area contributed by atoms with E-state index in [-0.39, 0.29) is 28.8 Å². The van der Waals surface area contributed by atoms with Gasteiger partial charge in [-0.1, -0.05) is 45.7 Å². The zero-order chi connectivity index (χ0) is 15.4. The van der Waals surface area contributed by atoms with Crippen molar-refractivity contribution in [2.75, 3.05) is 6.61 Å². The molecule has 0 spiro atoms. The number of nitro groups is 1. The maximum Gasteiger partial charge on any atom is 0.312 e. The number of carbonyl (C=O) groups is 1. The summed E-state index contributed by atoms with van der Waals surface area (Å²) >= 11 is 9.15. The van der Waals surface area contributed by atoms with Gasteiger partial charge in [-0.05, 0) is 18.2 Å². The molecule has 0 aliphatic heterocycles. The van der Waals surface area contributed by atoms with E-state index in [1.165, 1.54) is 18.2 Å². The number of Topliss-reactive ketones (excluding diaryl/α,β-unsaturated/α-hetero) is 1. The lowest BCUT2D eigenvalue weighted by atomic mass is 10.1. The summed E-state index contributed by atoms with van der Waals surface area (Å²) in [5, 5.41) is 11.0. The third-order valence-corrected chi connectivity index (χ3v) is 3.43. The van der Waals surface area contributed by atoms with Gasteiger partial charge in [0, 0.05) is 16.1 Å². The minimum absolute atomic E-state index is 0.0891. The molecule has 5 nitrogen and oxygen atoms in total. The zero-order valence-electron chi connectivity index (χ0n) is 10.6. The van der Waals surface area contributed by atoms with Crippen LogP contribution in [0.15, 0.2) is 46.9 Å². The Morgan fingerprint density at radius 2 is 2.00 bits per heavy atom. The highest BCUT2D eigenvalue weighted by atomic mass is 79.9. The van der Waals surface area contributed by atoms with Crippen LogP contribution in [-0.4, -0.2) is 17.3 Å². The topological polar surface area (TPSA) is 69.4 Å². The number of ether oxygens (including phenoxy) is 1. The monoisotopic (exact) mass is 369 g/mol. The molecule has 21 heavy (non-hydrogen) atoms. The second-order valence-electron chi connectivity index (χ2n) is 4.07. The largest absolute Gasteiger partial charge is 0.477 e. The number of ketones is 1. The van der Waals surface area contributed by atoms with Gasteiger partial charge in [-0.3, -0.25) is 14.9 Å².